The molecular weight excluding hydrogens is 310 g/mol. The van der Waals surface area contributed by atoms with Gasteiger partial charge in [0.1, 0.15) is 5.75 Å². The van der Waals surface area contributed by atoms with Crippen LogP contribution in [-0.2, 0) is 4.79 Å². The molecule has 2 rings (SSSR count). The van der Waals surface area contributed by atoms with Gasteiger partial charge in [-0.25, -0.2) is 0 Å². The highest BCUT2D eigenvalue weighted by Crippen LogP contribution is 2.25. The maximum atomic E-state index is 12.4. The molecule has 0 radical (unpaired) electrons. The SMILES string of the molecule is CC(C)(Oc1ccc(Cl)cc1)C(=O)NCCC1CCCCCC1. The summed E-state index contributed by atoms with van der Waals surface area (Å²) in [6.45, 7) is 4.32. The number of rotatable bonds is 6. The Morgan fingerprint density at radius 2 is 1.78 bits per heavy atom. The third-order valence-corrected chi connectivity index (χ3v) is 4.80. The maximum absolute atomic E-state index is 12.4. The molecule has 1 aliphatic carbocycles. The number of halogens is 1. The molecule has 128 valence electrons. The summed E-state index contributed by atoms with van der Waals surface area (Å²) < 4.78 is 5.81. The molecule has 4 heteroatoms. The van der Waals surface area contributed by atoms with Crippen molar-refractivity contribution in [3.8, 4) is 5.75 Å². The van der Waals surface area contributed by atoms with Crippen molar-refractivity contribution in [3.05, 3.63) is 29.3 Å². The molecule has 3 nitrogen and oxygen atoms in total. The zero-order valence-corrected chi connectivity index (χ0v) is 15.0. The van der Waals surface area contributed by atoms with E-state index in [1.54, 1.807) is 38.1 Å². The number of hydrogen-bond acceptors (Lipinski definition) is 2. The second-order valence-electron chi connectivity index (χ2n) is 6.97. The van der Waals surface area contributed by atoms with Crippen LogP contribution in [0.25, 0.3) is 0 Å². The Bertz CT molecular complexity index is 491. The molecule has 1 saturated carbocycles. The van der Waals surface area contributed by atoms with Crippen LogP contribution in [0.3, 0.4) is 0 Å². The highest BCUT2D eigenvalue weighted by Gasteiger charge is 2.29. The summed E-state index contributed by atoms with van der Waals surface area (Å²) in [7, 11) is 0. The Morgan fingerprint density at radius 1 is 1.17 bits per heavy atom. The normalized spacial score (nSPS) is 16.7. The van der Waals surface area contributed by atoms with Crippen molar-refractivity contribution in [1.29, 1.82) is 0 Å². The molecule has 0 atom stereocenters. The van der Waals surface area contributed by atoms with Crippen LogP contribution < -0.4 is 10.1 Å². The lowest BCUT2D eigenvalue weighted by Gasteiger charge is -2.26. The van der Waals surface area contributed by atoms with E-state index >= 15 is 0 Å². The minimum Gasteiger partial charge on any atom is -0.478 e. The van der Waals surface area contributed by atoms with Gasteiger partial charge in [0.05, 0.1) is 0 Å². The standard InChI is InChI=1S/C19H28ClNO2/c1-19(2,23-17-11-9-16(20)10-12-17)18(22)21-14-13-15-7-5-3-4-6-8-15/h9-12,15H,3-8,13-14H2,1-2H3,(H,21,22). The quantitative estimate of drug-likeness (QED) is 0.744. The van der Waals surface area contributed by atoms with Crippen molar-refractivity contribution >= 4 is 17.5 Å². The number of nitrogens with one attached hydrogen (secondary N) is 1. The Labute approximate surface area is 144 Å². The molecule has 0 aromatic heterocycles. The summed E-state index contributed by atoms with van der Waals surface area (Å²) in [6, 6.07) is 7.08. The topological polar surface area (TPSA) is 38.3 Å². The van der Waals surface area contributed by atoms with Gasteiger partial charge in [0.15, 0.2) is 5.60 Å². The van der Waals surface area contributed by atoms with E-state index in [0.29, 0.717) is 10.8 Å². The first-order chi connectivity index (χ1) is 11.0. The van der Waals surface area contributed by atoms with Gasteiger partial charge in [0.25, 0.3) is 5.91 Å². The Morgan fingerprint density at radius 3 is 2.39 bits per heavy atom. The number of benzene rings is 1. The summed E-state index contributed by atoms with van der Waals surface area (Å²) in [4.78, 5) is 12.4. The monoisotopic (exact) mass is 337 g/mol. The first-order valence-electron chi connectivity index (χ1n) is 8.70. The van der Waals surface area contributed by atoms with Crippen LogP contribution >= 0.6 is 11.6 Å². The number of carbonyl (C=O) groups is 1. The molecule has 0 spiro atoms. The highest BCUT2D eigenvalue weighted by molar-refractivity contribution is 6.30. The average Bonchev–Trinajstić information content (AvgIpc) is 2.78. The number of ether oxygens (including phenoxy) is 1. The van der Waals surface area contributed by atoms with Crippen molar-refractivity contribution in [2.75, 3.05) is 6.54 Å². The van der Waals surface area contributed by atoms with Crippen LogP contribution in [0.1, 0.15) is 58.8 Å². The van der Waals surface area contributed by atoms with Gasteiger partial charge in [0.2, 0.25) is 0 Å². The predicted octanol–water partition coefficient (Wildman–Crippen LogP) is 4.97. The molecule has 1 aromatic carbocycles. The molecule has 23 heavy (non-hydrogen) atoms. The van der Waals surface area contributed by atoms with Crippen LogP contribution in [0.15, 0.2) is 24.3 Å². The van der Waals surface area contributed by atoms with Crippen molar-refractivity contribution in [1.82, 2.24) is 5.32 Å². The summed E-state index contributed by atoms with van der Waals surface area (Å²) in [5, 5.41) is 3.69. The average molecular weight is 338 g/mol. The zero-order chi connectivity index (χ0) is 16.7. The Kier molecular flexibility index (Phi) is 6.76. The van der Waals surface area contributed by atoms with Gasteiger partial charge in [-0.2, -0.15) is 0 Å². The molecule has 0 unspecified atom stereocenters. The van der Waals surface area contributed by atoms with Crippen LogP contribution in [0.4, 0.5) is 0 Å². The number of carbonyl (C=O) groups excluding carboxylic acids is 1. The number of amides is 1. The Balaban J connectivity index is 1.77. The summed E-state index contributed by atoms with van der Waals surface area (Å²) in [5.74, 6) is 1.34. The molecule has 1 N–H and O–H groups in total. The molecule has 0 bridgehead atoms. The van der Waals surface area contributed by atoms with Gasteiger partial charge in [-0.3, -0.25) is 4.79 Å². The van der Waals surface area contributed by atoms with E-state index in [-0.39, 0.29) is 5.91 Å². The minimum atomic E-state index is -0.892. The fraction of sp³-hybridized carbons (Fsp3) is 0.632. The van der Waals surface area contributed by atoms with E-state index in [9.17, 15) is 4.79 Å². The van der Waals surface area contributed by atoms with Crippen LogP contribution in [0.5, 0.6) is 5.75 Å². The molecule has 1 aromatic rings. The second kappa shape index (κ2) is 8.58. The molecule has 1 fully saturated rings. The predicted molar refractivity (Wildman–Crippen MR) is 95.0 cm³/mol. The van der Waals surface area contributed by atoms with Gasteiger partial charge in [-0.1, -0.05) is 50.1 Å². The van der Waals surface area contributed by atoms with E-state index in [1.807, 2.05) is 0 Å². The highest BCUT2D eigenvalue weighted by atomic mass is 35.5. The lowest BCUT2D eigenvalue weighted by molar-refractivity contribution is -0.134. The van der Waals surface area contributed by atoms with E-state index in [1.165, 1.54) is 38.5 Å². The van der Waals surface area contributed by atoms with E-state index in [4.69, 9.17) is 16.3 Å². The molecule has 0 saturated heterocycles. The van der Waals surface area contributed by atoms with E-state index in [2.05, 4.69) is 5.32 Å². The smallest absolute Gasteiger partial charge is 0.263 e. The fourth-order valence-electron chi connectivity index (χ4n) is 3.10. The fourth-order valence-corrected chi connectivity index (χ4v) is 3.22. The molecule has 1 aliphatic rings. The Hall–Kier alpha value is -1.22. The summed E-state index contributed by atoms with van der Waals surface area (Å²) in [6.07, 6.45) is 9.09. The maximum Gasteiger partial charge on any atom is 0.263 e. The molecule has 0 heterocycles. The van der Waals surface area contributed by atoms with Crippen LogP contribution in [-0.4, -0.2) is 18.1 Å². The van der Waals surface area contributed by atoms with Crippen molar-refractivity contribution in [2.45, 2.75) is 64.4 Å². The van der Waals surface area contributed by atoms with Gasteiger partial charge in [-0.15, -0.1) is 0 Å². The van der Waals surface area contributed by atoms with Gasteiger partial charge in [0, 0.05) is 11.6 Å². The van der Waals surface area contributed by atoms with Gasteiger partial charge < -0.3 is 10.1 Å². The van der Waals surface area contributed by atoms with Crippen molar-refractivity contribution in [3.63, 3.8) is 0 Å². The summed E-state index contributed by atoms with van der Waals surface area (Å²) >= 11 is 5.86. The lowest BCUT2D eigenvalue weighted by atomic mass is 9.96. The van der Waals surface area contributed by atoms with Gasteiger partial charge in [-0.05, 0) is 50.5 Å². The second-order valence-corrected chi connectivity index (χ2v) is 7.40. The first kappa shape index (κ1) is 18.1. The van der Waals surface area contributed by atoms with Crippen LogP contribution in [0, 0.1) is 5.92 Å². The van der Waals surface area contributed by atoms with Crippen LogP contribution in [0.2, 0.25) is 5.02 Å². The zero-order valence-electron chi connectivity index (χ0n) is 14.2. The van der Waals surface area contributed by atoms with Gasteiger partial charge >= 0.3 is 0 Å². The first-order valence-corrected chi connectivity index (χ1v) is 9.08. The molecule has 0 aliphatic heterocycles. The minimum absolute atomic E-state index is 0.0685. The lowest BCUT2D eigenvalue weighted by Crippen LogP contribution is -2.47. The van der Waals surface area contributed by atoms with Crippen molar-refractivity contribution in [2.24, 2.45) is 5.92 Å². The largest absolute Gasteiger partial charge is 0.478 e. The van der Waals surface area contributed by atoms with Crippen molar-refractivity contribution < 1.29 is 9.53 Å². The number of hydrogen-bond donors (Lipinski definition) is 1. The van der Waals surface area contributed by atoms with E-state index in [0.717, 1.165) is 18.9 Å². The third kappa shape index (κ3) is 6.06. The molecule has 1 amide bonds. The summed E-state index contributed by atoms with van der Waals surface area (Å²) in [5.41, 5.74) is -0.892. The third-order valence-electron chi connectivity index (χ3n) is 4.55. The molecular formula is C19H28ClNO2. The van der Waals surface area contributed by atoms with E-state index < -0.39 is 5.60 Å².